The van der Waals surface area contributed by atoms with Gasteiger partial charge in [-0.15, -0.1) is 0 Å². The van der Waals surface area contributed by atoms with Crippen LogP contribution in [-0.4, -0.2) is 93.9 Å². The highest BCUT2D eigenvalue weighted by Crippen LogP contribution is 2.42. The first-order chi connectivity index (χ1) is 12.0. The molecule has 0 heterocycles. The minimum absolute atomic E-state index is 0.338. The largest absolute Gasteiger partial charge is 0.394 e. The highest BCUT2D eigenvalue weighted by Gasteiger charge is 2.64. The average molecular weight is 376 g/mol. The van der Waals surface area contributed by atoms with Crippen molar-refractivity contribution in [3.63, 3.8) is 0 Å². The van der Waals surface area contributed by atoms with Gasteiger partial charge in [-0.2, -0.15) is 0 Å². The minimum atomic E-state index is -1.44. The summed E-state index contributed by atoms with van der Waals surface area (Å²) >= 11 is 0. The van der Waals surface area contributed by atoms with Crippen molar-refractivity contribution in [1.82, 2.24) is 14.7 Å². The van der Waals surface area contributed by atoms with Crippen LogP contribution in [0.2, 0.25) is 0 Å². The zero-order chi connectivity index (χ0) is 20.6. The zero-order valence-corrected chi connectivity index (χ0v) is 18.5. The van der Waals surface area contributed by atoms with Crippen molar-refractivity contribution in [3.05, 3.63) is 0 Å². The Balaban J connectivity index is 6.52. The third kappa shape index (κ3) is 4.78. The van der Waals surface area contributed by atoms with Gasteiger partial charge in [0.05, 0.1) is 6.61 Å². The molecular weight excluding hydrogens is 330 g/mol. The Bertz CT molecular complexity index is 376. The molecule has 158 valence electrons. The van der Waals surface area contributed by atoms with Crippen molar-refractivity contribution in [2.24, 2.45) is 0 Å². The molecule has 0 aromatic heterocycles. The first-order valence-electron chi connectivity index (χ1n) is 10.3. The van der Waals surface area contributed by atoms with Gasteiger partial charge in [-0.1, -0.05) is 40.5 Å². The monoisotopic (exact) mass is 375 g/mol. The molecule has 0 spiro atoms. The summed E-state index contributed by atoms with van der Waals surface area (Å²) in [7, 11) is 3.58. The van der Waals surface area contributed by atoms with E-state index in [2.05, 4.69) is 18.7 Å². The summed E-state index contributed by atoms with van der Waals surface area (Å²) in [6, 6.07) is 0. The molecule has 0 aliphatic rings. The van der Waals surface area contributed by atoms with Crippen LogP contribution < -0.4 is 0 Å². The molecular formula is C20H45N3O3. The quantitative estimate of drug-likeness (QED) is 0.403. The molecule has 0 radical (unpaired) electrons. The summed E-state index contributed by atoms with van der Waals surface area (Å²) in [5.41, 5.74) is -4.10. The van der Waals surface area contributed by atoms with E-state index in [0.29, 0.717) is 13.1 Å². The smallest absolute Gasteiger partial charge is 0.140 e. The molecule has 0 saturated heterocycles. The predicted octanol–water partition coefficient (Wildman–Crippen LogP) is 1.94. The van der Waals surface area contributed by atoms with Crippen LogP contribution in [0.15, 0.2) is 0 Å². The molecule has 26 heavy (non-hydrogen) atoms. The van der Waals surface area contributed by atoms with Crippen molar-refractivity contribution in [1.29, 1.82) is 0 Å². The van der Waals surface area contributed by atoms with Crippen LogP contribution >= 0.6 is 0 Å². The van der Waals surface area contributed by atoms with Gasteiger partial charge in [0.2, 0.25) is 0 Å². The van der Waals surface area contributed by atoms with Crippen LogP contribution in [0.25, 0.3) is 0 Å². The molecule has 0 aliphatic heterocycles. The molecule has 0 rings (SSSR count). The highest BCUT2D eigenvalue weighted by atomic mass is 16.3. The molecule has 0 amide bonds. The van der Waals surface area contributed by atoms with Crippen molar-refractivity contribution in [2.75, 3.05) is 46.9 Å². The third-order valence-corrected chi connectivity index (χ3v) is 6.15. The summed E-state index contributed by atoms with van der Waals surface area (Å²) in [6.45, 7) is 14.0. The van der Waals surface area contributed by atoms with Gasteiger partial charge >= 0.3 is 0 Å². The summed E-state index contributed by atoms with van der Waals surface area (Å²) in [5, 5.41) is 34.1. The topological polar surface area (TPSA) is 70.4 Å². The number of rotatable bonds is 14. The summed E-state index contributed by atoms with van der Waals surface area (Å²) < 4.78 is 0. The van der Waals surface area contributed by atoms with Crippen molar-refractivity contribution < 1.29 is 15.3 Å². The predicted molar refractivity (Wildman–Crippen MR) is 109 cm³/mol. The van der Waals surface area contributed by atoms with E-state index in [0.717, 1.165) is 38.8 Å². The van der Waals surface area contributed by atoms with E-state index in [-0.39, 0.29) is 6.61 Å². The maximum absolute atomic E-state index is 11.8. The van der Waals surface area contributed by atoms with Gasteiger partial charge < -0.3 is 15.3 Å². The summed E-state index contributed by atoms with van der Waals surface area (Å²) in [5.74, 6) is 0. The number of nitrogens with zero attached hydrogens (tertiary/aromatic N) is 3. The molecule has 6 heteroatoms. The molecule has 0 fully saturated rings. The number of hydrogen-bond donors (Lipinski definition) is 3. The average Bonchev–Trinajstić information content (AvgIpc) is 2.57. The number of aliphatic hydroxyl groups excluding tert-OH is 1. The van der Waals surface area contributed by atoms with Gasteiger partial charge in [-0.05, 0) is 67.0 Å². The number of unbranched alkanes of at least 4 members (excludes halogenated alkanes) is 2. The maximum atomic E-state index is 11.8. The van der Waals surface area contributed by atoms with Crippen LogP contribution in [0.4, 0.5) is 0 Å². The first kappa shape index (κ1) is 25.8. The van der Waals surface area contributed by atoms with Crippen LogP contribution in [0.3, 0.4) is 0 Å². The second-order valence-electron chi connectivity index (χ2n) is 7.82. The van der Waals surface area contributed by atoms with Gasteiger partial charge in [-0.25, -0.2) is 0 Å². The van der Waals surface area contributed by atoms with Gasteiger partial charge in [0.15, 0.2) is 0 Å². The highest BCUT2D eigenvalue weighted by molar-refractivity contribution is 5.13. The lowest BCUT2D eigenvalue weighted by atomic mass is 9.74. The van der Waals surface area contributed by atoms with Gasteiger partial charge in [-0.3, -0.25) is 14.7 Å². The second-order valence-corrected chi connectivity index (χ2v) is 7.82. The second kappa shape index (κ2) is 10.9. The Hall–Kier alpha value is -0.240. The Morgan fingerprint density at radius 1 is 0.731 bits per heavy atom. The molecule has 3 atom stereocenters. The van der Waals surface area contributed by atoms with E-state index in [1.54, 1.807) is 32.8 Å². The fourth-order valence-corrected chi connectivity index (χ4v) is 4.11. The van der Waals surface area contributed by atoms with E-state index < -0.39 is 17.0 Å². The summed E-state index contributed by atoms with van der Waals surface area (Å²) in [4.78, 5) is 5.75. The van der Waals surface area contributed by atoms with Gasteiger partial charge in [0.1, 0.15) is 17.0 Å². The van der Waals surface area contributed by atoms with E-state index in [9.17, 15) is 15.3 Å². The number of likely N-dealkylation sites (N-methyl/N-ethyl adjacent to an activating group) is 2. The number of aliphatic hydroxyl groups is 3. The lowest BCUT2D eigenvalue weighted by Gasteiger charge is -2.62. The lowest BCUT2D eigenvalue weighted by molar-refractivity contribution is -0.297. The van der Waals surface area contributed by atoms with E-state index in [1.807, 2.05) is 18.7 Å². The van der Waals surface area contributed by atoms with Crippen molar-refractivity contribution in [2.45, 2.75) is 84.2 Å². The summed E-state index contributed by atoms with van der Waals surface area (Å²) in [6.07, 6.45) is 3.93. The Labute approximate surface area is 161 Å². The fourth-order valence-electron chi connectivity index (χ4n) is 4.11. The zero-order valence-electron chi connectivity index (χ0n) is 18.5. The molecule has 0 aromatic carbocycles. The van der Waals surface area contributed by atoms with Gasteiger partial charge in [0.25, 0.3) is 0 Å². The van der Waals surface area contributed by atoms with Crippen LogP contribution in [-0.2, 0) is 0 Å². The van der Waals surface area contributed by atoms with Crippen molar-refractivity contribution >= 4 is 0 Å². The van der Waals surface area contributed by atoms with Crippen LogP contribution in [0.5, 0.6) is 0 Å². The number of hydrogen-bond acceptors (Lipinski definition) is 6. The molecule has 0 aliphatic carbocycles. The first-order valence-corrected chi connectivity index (χ1v) is 10.3. The molecule has 6 nitrogen and oxygen atoms in total. The molecule has 0 saturated carbocycles. The minimum Gasteiger partial charge on any atom is -0.394 e. The Kier molecular flexibility index (Phi) is 10.8. The SMILES string of the molecule is CCCCN(CCCC)C(CO)(C(C)(O)N(C)C)C(C)(O)N(CC)CC. The molecule has 0 bridgehead atoms. The van der Waals surface area contributed by atoms with E-state index >= 15 is 0 Å². The Morgan fingerprint density at radius 3 is 1.42 bits per heavy atom. The van der Waals surface area contributed by atoms with Gasteiger partial charge in [0, 0.05) is 0 Å². The molecule has 3 unspecified atom stereocenters. The van der Waals surface area contributed by atoms with E-state index in [4.69, 9.17) is 0 Å². The molecule has 0 aromatic rings. The van der Waals surface area contributed by atoms with Crippen molar-refractivity contribution in [3.8, 4) is 0 Å². The fraction of sp³-hybridized carbons (Fsp3) is 1.00. The third-order valence-electron chi connectivity index (χ3n) is 6.15. The lowest BCUT2D eigenvalue weighted by Crippen LogP contribution is -2.82. The van der Waals surface area contributed by atoms with Crippen LogP contribution in [0, 0.1) is 0 Å². The van der Waals surface area contributed by atoms with Crippen LogP contribution in [0.1, 0.15) is 67.2 Å². The normalized spacial score (nSPS) is 19.6. The Morgan fingerprint density at radius 2 is 1.15 bits per heavy atom. The standard InChI is InChI=1S/C20H45N3O3/c1-9-13-15-23(16-14-10-2)20(17-24,18(5,25)21(7)8)19(6,26)22(11-3)12-4/h24-26H,9-17H2,1-8H3. The van der Waals surface area contributed by atoms with E-state index in [1.165, 1.54) is 0 Å². The maximum Gasteiger partial charge on any atom is 0.140 e. The molecule has 3 N–H and O–H groups in total.